The highest BCUT2D eigenvalue weighted by Crippen LogP contribution is 2.28. The summed E-state index contributed by atoms with van der Waals surface area (Å²) in [4.78, 5) is 0. The topological polar surface area (TPSA) is 38.0 Å². The van der Waals surface area contributed by atoms with Gasteiger partial charge >= 0.3 is 0 Å². The normalized spacial score (nSPS) is 18.6. The van der Waals surface area contributed by atoms with E-state index < -0.39 is 0 Å². The van der Waals surface area contributed by atoms with Crippen LogP contribution in [0.2, 0.25) is 0 Å². The predicted octanol–water partition coefficient (Wildman–Crippen LogP) is 1.63. The van der Waals surface area contributed by atoms with Crippen molar-refractivity contribution < 1.29 is 0 Å². The summed E-state index contributed by atoms with van der Waals surface area (Å²) >= 11 is 3.50. The largest absolute Gasteiger partial charge is 0.319 e. The van der Waals surface area contributed by atoms with E-state index in [2.05, 4.69) is 27.3 Å². The molecule has 0 saturated carbocycles. The molecule has 2 nitrogen and oxygen atoms in total. The fraction of sp³-hybridized carbons (Fsp3) is 0.333. The molecule has 1 aromatic carbocycles. The van der Waals surface area contributed by atoms with E-state index in [0.717, 1.165) is 17.6 Å². The average molecular weight is 264 g/mol. The molecule has 1 aliphatic heterocycles. The molecule has 0 aliphatic carbocycles. The van der Waals surface area contributed by atoms with E-state index in [1.165, 1.54) is 5.56 Å². The Morgan fingerprint density at radius 1 is 1.31 bits per heavy atom. The molecular weight excluding hydrogens is 251 g/mol. The first-order valence-electron chi connectivity index (χ1n) is 3.97. The minimum atomic E-state index is -0.153. The zero-order valence-electron chi connectivity index (χ0n) is 7.09. The van der Waals surface area contributed by atoms with Gasteiger partial charge in [-0.2, -0.15) is 0 Å². The Bertz CT molecular complexity index is 299. The first-order chi connectivity index (χ1) is 5.72. The van der Waals surface area contributed by atoms with E-state index in [0.29, 0.717) is 0 Å². The van der Waals surface area contributed by atoms with Crippen LogP contribution in [0.1, 0.15) is 5.56 Å². The monoisotopic (exact) mass is 262 g/mol. The maximum absolute atomic E-state index is 6.13. The fourth-order valence-electron chi connectivity index (χ4n) is 1.45. The summed E-state index contributed by atoms with van der Waals surface area (Å²) in [5.41, 5.74) is 7.18. The lowest BCUT2D eigenvalue weighted by Crippen LogP contribution is -2.62. The van der Waals surface area contributed by atoms with Crippen LogP contribution in [0.25, 0.3) is 0 Å². The molecule has 0 spiro atoms. The molecule has 0 bridgehead atoms. The van der Waals surface area contributed by atoms with Crippen molar-refractivity contribution in [2.45, 2.75) is 5.54 Å². The number of halogens is 2. The van der Waals surface area contributed by atoms with Crippen molar-refractivity contribution in [2.24, 2.45) is 5.73 Å². The maximum Gasteiger partial charge on any atom is 0.0673 e. The molecule has 72 valence electrons. The number of rotatable bonds is 1. The Labute approximate surface area is 92.4 Å². The van der Waals surface area contributed by atoms with Crippen molar-refractivity contribution in [3.63, 3.8) is 0 Å². The number of nitrogens with two attached hydrogens (primary N) is 1. The number of hydrogen-bond acceptors (Lipinski definition) is 2. The Morgan fingerprint density at radius 3 is 2.38 bits per heavy atom. The lowest BCUT2D eigenvalue weighted by atomic mass is 9.85. The zero-order chi connectivity index (χ0) is 8.60. The third kappa shape index (κ3) is 1.89. The van der Waals surface area contributed by atoms with Gasteiger partial charge in [0.15, 0.2) is 0 Å². The van der Waals surface area contributed by atoms with Crippen LogP contribution in [0, 0.1) is 0 Å². The number of nitrogens with one attached hydrogen (secondary N) is 1. The van der Waals surface area contributed by atoms with Gasteiger partial charge in [-0.3, -0.25) is 0 Å². The highest BCUT2D eigenvalue weighted by molar-refractivity contribution is 9.10. The zero-order valence-corrected chi connectivity index (χ0v) is 9.49. The van der Waals surface area contributed by atoms with Crippen LogP contribution < -0.4 is 11.1 Å². The summed E-state index contributed by atoms with van der Waals surface area (Å²) in [6.45, 7) is 1.74. The van der Waals surface area contributed by atoms with Crippen molar-refractivity contribution in [1.82, 2.24) is 5.32 Å². The first-order valence-corrected chi connectivity index (χ1v) is 4.76. The van der Waals surface area contributed by atoms with Crippen molar-refractivity contribution in [3.05, 3.63) is 34.3 Å². The van der Waals surface area contributed by atoms with E-state index in [4.69, 9.17) is 5.73 Å². The summed E-state index contributed by atoms with van der Waals surface area (Å²) in [7, 11) is 0. The second-order valence-corrected chi connectivity index (χ2v) is 4.09. The smallest absolute Gasteiger partial charge is 0.0673 e. The van der Waals surface area contributed by atoms with E-state index >= 15 is 0 Å². The molecule has 0 atom stereocenters. The van der Waals surface area contributed by atoms with Crippen molar-refractivity contribution in [1.29, 1.82) is 0 Å². The van der Waals surface area contributed by atoms with Crippen LogP contribution in [0.5, 0.6) is 0 Å². The van der Waals surface area contributed by atoms with Crippen LogP contribution in [-0.2, 0) is 5.54 Å². The molecule has 1 saturated heterocycles. The van der Waals surface area contributed by atoms with Gasteiger partial charge in [0.25, 0.3) is 0 Å². The first kappa shape index (κ1) is 11.0. The Balaban J connectivity index is 0.000000845. The highest BCUT2D eigenvalue weighted by atomic mass is 79.9. The van der Waals surface area contributed by atoms with Gasteiger partial charge < -0.3 is 11.1 Å². The number of hydrogen-bond donors (Lipinski definition) is 2. The summed E-state index contributed by atoms with van der Waals surface area (Å²) in [6.07, 6.45) is 0. The second kappa shape index (κ2) is 3.96. The van der Waals surface area contributed by atoms with Crippen LogP contribution in [-0.4, -0.2) is 13.1 Å². The summed E-state index contributed by atoms with van der Waals surface area (Å²) in [5, 5.41) is 3.18. The molecule has 1 aromatic rings. The second-order valence-electron chi connectivity index (χ2n) is 3.24. The molecule has 0 unspecified atom stereocenters. The minimum Gasteiger partial charge on any atom is -0.319 e. The van der Waals surface area contributed by atoms with Gasteiger partial charge in [-0.25, -0.2) is 0 Å². The van der Waals surface area contributed by atoms with Crippen molar-refractivity contribution in [2.75, 3.05) is 13.1 Å². The van der Waals surface area contributed by atoms with Crippen LogP contribution >= 0.6 is 28.3 Å². The third-order valence-corrected chi connectivity index (χ3v) is 2.98. The van der Waals surface area contributed by atoms with Crippen LogP contribution in [0.4, 0.5) is 0 Å². The highest BCUT2D eigenvalue weighted by Gasteiger charge is 2.35. The molecule has 13 heavy (non-hydrogen) atoms. The molecule has 1 heterocycles. The Hall–Kier alpha value is -0.0900. The molecular formula is C9H12BrClN2. The number of benzene rings is 1. The molecule has 2 rings (SSSR count). The van der Waals surface area contributed by atoms with Crippen molar-refractivity contribution >= 4 is 28.3 Å². The van der Waals surface area contributed by atoms with E-state index in [9.17, 15) is 0 Å². The van der Waals surface area contributed by atoms with Crippen LogP contribution in [0.3, 0.4) is 0 Å². The lowest BCUT2D eigenvalue weighted by Gasteiger charge is -2.40. The molecule has 0 amide bonds. The van der Waals surface area contributed by atoms with E-state index in [-0.39, 0.29) is 17.9 Å². The maximum atomic E-state index is 6.13. The summed E-state index contributed by atoms with van der Waals surface area (Å²) in [6, 6.07) is 8.13. The van der Waals surface area contributed by atoms with Gasteiger partial charge in [-0.05, 0) is 11.6 Å². The van der Waals surface area contributed by atoms with Gasteiger partial charge in [0.05, 0.1) is 5.54 Å². The molecule has 1 fully saturated rings. The van der Waals surface area contributed by atoms with Gasteiger partial charge in [0, 0.05) is 17.6 Å². The minimum absolute atomic E-state index is 0. The van der Waals surface area contributed by atoms with Gasteiger partial charge in [0.1, 0.15) is 0 Å². The van der Waals surface area contributed by atoms with Gasteiger partial charge in [-0.15, -0.1) is 12.4 Å². The molecule has 0 radical (unpaired) electrons. The fourth-order valence-corrected chi connectivity index (χ4v) is 2.13. The quantitative estimate of drug-likeness (QED) is 0.808. The third-order valence-electron chi connectivity index (χ3n) is 2.29. The van der Waals surface area contributed by atoms with Crippen LogP contribution in [0.15, 0.2) is 28.7 Å². The Kier molecular flexibility index (Phi) is 3.35. The molecule has 3 N–H and O–H groups in total. The summed E-state index contributed by atoms with van der Waals surface area (Å²) < 4.78 is 1.11. The van der Waals surface area contributed by atoms with Gasteiger partial charge in [0.2, 0.25) is 0 Å². The molecule has 1 aliphatic rings. The van der Waals surface area contributed by atoms with E-state index in [1.807, 2.05) is 18.2 Å². The SMILES string of the molecule is Cl.NC1(c2ccccc2Br)CNC1. The van der Waals surface area contributed by atoms with E-state index in [1.54, 1.807) is 0 Å². The van der Waals surface area contributed by atoms with Crippen molar-refractivity contribution in [3.8, 4) is 0 Å². The standard InChI is InChI=1S/C9H11BrN2.ClH/c10-8-4-2-1-3-7(8)9(11)5-12-6-9;/h1-4,12H,5-6,11H2;1H. The Morgan fingerprint density at radius 2 is 1.92 bits per heavy atom. The van der Waals surface area contributed by atoms with Gasteiger partial charge in [-0.1, -0.05) is 34.1 Å². The molecule has 4 heteroatoms. The lowest BCUT2D eigenvalue weighted by molar-refractivity contribution is 0.286. The predicted molar refractivity (Wildman–Crippen MR) is 60.1 cm³/mol. The summed E-state index contributed by atoms with van der Waals surface area (Å²) in [5.74, 6) is 0. The molecule has 0 aromatic heterocycles. The average Bonchev–Trinajstić information content (AvgIpc) is 2.01.